The van der Waals surface area contributed by atoms with E-state index in [2.05, 4.69) is 45.0 Å². The van der Waals surface area contributed by atoms with Gasteiger partial charge in [-0.1, -0.05) is 51.1 Å². The van der Waals surface area contributed by atoms with Crippen LogP contribution in [0.3, 0.4) is 0 Å². The maximum Gasteiger partial charge on any atom is 0.499 e. The summed E-state index contributed by atoms with van der Waals surface area (Å²) in [6.45, 7) is 6.56. The number of hydrogen-bond donors (Lipinski definition) is 2. The fourth-order valence-corrected chi connectivity index (χ4v) is 2.67. The van der Waals surface area contributed by atoms with E-state index in [9.17, 15) is 0 Å². The van der Waals surface area contributed by atoms with Gasteiger partial charge in [0.2, 0.25) is 0 Å². The van der Waals surface area contributed by atoms with Gasteiger partial charge in [-0.05, 0) is 22.6 Å². The van der Waals surface area contributed by atoms with Gasteiger partial charge in [0, 0.05) is 9.65 Å². The summed E-state index contributed by atoms with van der Waals surface area (Å²) in [5.74, 6) is 0. The maximum absolute atomic E-state index is 9.10. The van der Waals surface area contributed by atoms with Gasteiger partial charge >= 0.3 is 7.12 Å². The van der Waals surface area contributed by atoms with Crippen LogP contribution in [0, 0.1) is 0 Å². The zero-order valence-electron chi connectivity index (χ0n) is 10.8. The van der Waals surface area contributed by atoms with E-state index in [-0.39, 0.29) is 5.41 Å². The Bertz CT molecular complexity index is 523. The van der Waals surface area contributed by atoms with Crippen molar-refractivity contribution in [1.82, 2.24) is 0 Å². The molecule has 4 heteroatoms. The predicted molar refractivity (Wildman–Crippen MR) is 78.3 cm³/mol. The molecular formula is C14H17BO2S. The Labute approximate surface area is 112 Å². The van der Waals surface area contributed by atoms with Crippen LogP contribution in [0.2, 0.25) is 0 Å². The highest BCUT2D eigenvalue weighted by Crippen LogP contribution is 2.27. The smallest absolute Gasteiger partial charge is 0.423 e. The van der Waals surface area contributed by atoms with E-state index in [1.54, 1.807) is 6.07 Å². The van der Waals surface area contributed by atoms with Crippen LogP contribution in [-0.2, 0) is 5.41 Å². The minimum Gasteiger partial charge on any atom is -0.423 e. The average Bonchev–Trinajstić information content (AvgIpc) is 2.77. The molecule has 1 aromatic heterocycles. The Balaban J connectivity index is 2.29. The molecule has 0 aliphatic carbocycles. The Morgan fingerprint density at radius 1 is 0.944 bits per heavy atom. The molecule has 0 atom stereocenters. The molecule has 0 saturated heterocycles. The van der Waals surface area contributed by atoms with E-state index < -0.39 is 7.12 Å². The summed E-state index contributed by atoms with van der Waals surface area (Å²) in [5, 5.41) is 18.2. The van der Waals surface area contributed by atoms with E-state index in [1.165, 1.54) is 16.9 Å². The molecule has 0 bridgehead atoms. The Kier molecular flexibility index (Phi) is 3.62. The summed E-state index contributed by atoms with van der Waals surface area (Å²) in [7, 11) is -1.38. The van der Waals surface area contributed by atoms with Crippen LogP contribution < -0.4 is 4.78 Å². The van der Waals surface area contributed by atoms with Gasteiger partial charge in [-0.3, -0.25) is 0 Å². The first kappa shape index (κ1) is 13.3. The van der Waals surface area contributed by atoms with Gasteiger partial charge in [-0.25, -0.2) is 0 Å². The normalized spacial score (nSPS) is 11.6. The van der Waals surface area contributed by atoms with Crippen LogP contribution in [0.15, 0.2) is 36.4 Å². The number of rotatable bonds is 2. The minimum atomic E-state index is -1.38. The van der Waals surface area contributed by atoms with Crippen molar-refractivity contribution in [2.75, 3.05) is 0 Å². The third-order valence-electron chi connectivity index (χ3n) is 2.92. The lowest BCUT2D eigenvalue weighted by atomic mass is 9.86. The third kappa shape index (κ3) is 2.83. The number of thiophene rings is 1. The van der Waals surface area contributed by atoms with Gasteiger partial charge in [-0.2, -0.15) is 0 Å². The van der Waals surface area contributed by atoms with Crippen molar-refractivity contribution in [3.63, 3.8) is 0 Å². The second kappa shape index (κ2) is 4.88. The lowest BCUT2D eigenvalue weighted by Gasteiger charge is -2.18. The molecule has 0 amide bonds. The van der Waals surface area contributed by atoms with Crippen molar-refractivity contribution in [3.05, 3.63) is 42.0 Å². The summed E-state index contributed by atoms with van der Waals surface area (Å²) in [4.78, 5) is 1.05. The molecule has 0 unspecified atom stereocenters. The molecule has 0 fully saturated rings. The van der Waals surface area contributed by atoms with Crippen LogP contribution in [0.25, 0.3) is 10.4 Å². The zero-order chi connectivity index (χ0) is 13.3. The van der Waals surface area contributed by atoms with E-state index in [1.807, 2.05) is 6.07 Å². The first-order valence-electron chi connectivity index (χ1n) is 5.95. The van der Waals surface area contributed by atoms with Crippen molar-refractivity contribution in [1.29, 1.82) is 0 Å². The van der Waals surface area contributed by atoms with Crippen LogP contribution in [0.5, 0.6) is 0 Å². The highest BCUT2D eigenvalue weighted by molar-refractivity contribution is 7.24. The minimum absolute atomic E-state index is 0.153. The lowest BCUT2D eigenvalue weighted by molar-refractivity contribution is 0.427. The quantitative estimate of drug-likeness (QED) is 0.814. The molecule has 2 nitrogen and oxygen atoms in total. The van der Waals surface area contributed by atoms with Gasteiger partial charge in [0.25, 0.3) is 0 Å². The molecule has 1 heterocycles. The molecule has 2 N–H and O–H groups in total. The largest absolute Gasteiger partial charge is 0.499 e. The summed E-state index contributed by atoms with van der Waals surface area (Å²) in [6.07, 6.45) is 0. The molecule has 18 heavy (non-hydrogen) atoms. The van der Waals surface area contributed by atoms with Crippen molar-refractivity contribution < 1.29 is 10.0 Å². The van der Waals surface area contributed by atoms with E-state index in [4.69, 9.17) is 10.0 Å². The van der Waals surface area contributed by atoms with Crippen molar-refractivity contribution in [2.24, 2.45) is 0 Å². The highest BCUT2D eigenvalue weighted by Gasteiger charge is 2.16. The molecule has 0 aliphatic rings. The number of hydrogen-bond acceptors (Lipinski definition) is 3. The number of benzene rings is 1. The molecule has 2 aromatic rings. The third-order valence-corrected chi connectivity index (χ3v) is 4.09. The Morgan fingerprint density at radius 2 is 1.56 bits per heavy atom. The summed E-state index contributed by atoms with van der Waals surface area (Å²) in [6, 6.07) is 12.1. The lowest BCUT2D eigenvalue weighted by Crippen LogP contribution is -2.26. The SMILES string of the molecule is CC(C)(C)c1ccc(-c2ccc(B(O)O)s2)cc1. The van der Waals surface area contributed by atoms with Gasteiger partial charge in [0.15, 0.2) is 0 Å². The molecule has 94 valence electrons. The van der Waals surface area contributed by atoms with E-state index >= 15 is 0 Å². The molecule has 0 radical (unpaired) electrons. The Morgan fingerprint density at radius 3 is 2.00 bits per heavy atom. The van der Waals surface area contributed by atoms with Gasteiger partial charge in [0.05, 0.1) is 0 Å². The fourth-order valence-electron chi connectivity index (χ4n) is 1.78. The average molecular weight is 260 g/mol. The van der Waals surface area contributed by atoms with Crippen LogP contribution in [-0.4, -0.2) is 17.2 Å². The van der Waals surface area contributed by atoms with Crippen LogP contribution >= 0.6 is 11.3 Å². The molecular weight excluding hydrogens is 243 g/mol. The Hall–Kier alpha value is -1.10. The second-order valence-electron chi connectivity index (χ2n) is 5.40. The molecule has 0 saturated carbocycles. The van der Waals surface area contributed by atoms with Gasteiger partial charge in [0.1, 0.15) is 0 Å². The van der Waals surface area contributed by atoms with Gasteiger partial charge < -0.3 is 10.0 Å². The van der Waals surface area contributed by atoms with E-state index in [0.29, 0.717) is 4.78 Å². The topological polar surface area (TPSA) is 40.5 Å². The predicted octanol–water partition coefficient (Wildman–Crippen LogP) is 2.39. The summed E-state index contributed by atoms with van der Waals surface area (Å²) >= 11 is 1.41. The fraction of sp³-hybridized carbons (Fsp3) is 0.286. The van der Waals surface area contributed by atoms with Crippen LogP contribution in [0.4, 0.5) is 0 Å². The second-order valence-corrected chi connectivity index (χ2v) is 6.52. The molecule has 0 spiro atoms. The van der Waals surface area contributed by atoms with Crippen molar-refractivity contribution in [2.45, 2.75) is 26.2 Å². The van der Waals surface area contributed by atoms with Crippen molar-refractivity contribution in [3.8, 4) is 10.4 Å². The van der Waals surface area contributed by atoms with Crippen LogP contribution in [0.1, 0.15) is 26.3 Å². The van der Waals surface area contributed by atoms with Gasteiger partial charge in [-0.15, -0.1) is 11.3 Å². The monoisotopic (exact) mass is 260 g/mol. The summed E-state index contributed by atoms with van der Waals surface area (Å²) < 4.78 is 0.574. The maximum atomic E-state index is 9.10. The summed E-state index contributed by atoms with van der Waals surface area (Å²) in [5.41, 5.74) is 2.56. The molecule has 1 aromatic carbocycles. The first-order chi connectivity index (χ1) is 8.38. The highest BCUT2D eigenvalue weighted by atomic mass is 32.1. The first-order valence-corrected chi connectivity index (χ1v) is 6.76. The van der Waals surface area contributed by atoms with E-state index in [0.717, 1.165) is 10.4 Å². The van der Waals surface area contributed by atoms with Crippen molar-refractivity contribution >= 4 is 23.2 Å². The standard InChI is InChI=1S/C14H17BO2S/c1-14(2,3)11-6-4-10(5-7-11)12-8-9-13(18-12)15(16)17/h4-9,16-17H,1-3H3. The zero-order valence-corrected chi connectivity index (χ0v) is 11.7. The molecule has 0 aliphatic heterocycles. The molecule has 2 rings (SSSR count).